The molecule has 15 heavy (non-hydrogen) atoms. The van der Waals surface area contributed by atoms with Gasteiger partial charge in [-0.05, 0) is 12.8 Å². The molecule has 1 saturated carbocycles. The van der Waals surface area contributed by atoms with Crippen molar-refractivity contribution in [2.45, 2.75) is 24.9 Å². The van der Waals surface area contributed by atoms with E-state index in [1.165, 1.54) is 17.1 Å². The maximum Gasteiger partial charge on any atom is 0.325 e. The minimum atomic E-state index is -1.30. The number of carboxylic acids is 1. The van der Waals surface area contributed by atoms with Crippen LogP contribution in [0.4, 0.5) is 0 Å². The van der Waals surface area contributed by atoms with Gasteiger partial charge in [-0.2, -0.15) is 0 Å². The van der Waals surface area contributed by atoms with Gasteiger partial charge in [0.1, 0.15) is 6.04 Å². The van der Waals surface area contributed by atoms with E-state index in [9.17, 15) is 9.59 Å². The molecule has 6 heteroatoms. The SMILES string of the molecule is NC(C(=O)O)c1cncn(C2CC2)c1=O. The van der Waals surface area contributed by atoms with Gasteiger partial charge in [-0.1, -0.05) is 0 Å². The highest BCUT2D eigenvalue weighted by Crippen LogP contribution is 2.33. The predicted octanol–water partition coefficient (Wildman–Crippen LogP) is -0.337. The first-order valence-electron chi connectivity index (χ1n) is 4.65. The second-order valence-corrected chi connectivity index (χ2v) is 3.61. The Hall–Kier alpha value is -1.69. The summed E-state index contributed by atoms with van der Waals surface area (Å²) in [5.74, 6) is -1.22. The van der Waals surface area contributed by atoms with E-state index in [1.807, 2.05) is 0 Å². The van der Waals surface area contributed by atoms with E-state index >= 15 is 0 Å². The topological polar surface area (TPSA) is 98.2 Å². The van der Waals surface area contributed by atoms with Crippen LogP contribution in [0.3, 0.4) is 0 Å². The van der Waals surface area contributed by atoms with Gasteiger partial charge >= 0.3 is 5.97 Å². The molecule has 1 aliphatic carbocycles. The number of aromatic nitrogens is 2. The Bertz CT molecular complexity index is 450. The monoisotopic (exact) mass is 209 g/mol. The molecule has 1 atom stereocenters. The van der Waals surface area contributed by atoms with Crippen molar-refractivity contribution < 1.29 is 9.90 Å². The second-order valence-electron chi connectivity index (χ2n) is 3.61. The average Bonchev–Trinajstić information content (AvgIpc) is 3.00. The molecule has 0 spiro atoms. The van der Waals surface area contributed by atoms with E-state index in [2.05, 4.69) is 4.98 Å². The van der Waals surface area contributed by atoms with Crippen molar-refractivity contribution >= 4 is 5.97 Å². The molecule has 0 amide bonds. The highest BCUT2D eigenvalue weighted by molar-refractivity contribution is 5.74. The zero-order chi connectivity index (χ0) is 11.0. The summed E-state index contributed by atoms with van der Waals surface area (Å²) >= 11 is 0. The largest absolute Gasteiger partial charge is 0.480 e. The Kier molecular flexibility index (Phi) is 2.28. The van der Waals surface area contributed by atoms with Crippen molar-refractivity contribution in [3.63, 3.8) is 0 Å². The summed E-state index contributed by atoms with van der Waals surface area (Å²) < 4.78 is 1.46. The van der Waals surface area contributed by atoms with Crippen LogP contribution in [0.1, 0.15) is 30.5 Å². The molecular formula is C9H11N3O3. The Morgan fingerprint density at radius 1 is 1.67 bits per heavy atom. The Balaban J connectivity index is 2.44. The quantitative estimate of drug-likeness (QED) is 0.709. The summed E-state index contributed by atoms with van der Waals surface area (Å²) in [6, 6.07) is -1.12. The number of hydrogen-bond acceptors (Lipinski definition) is 4. The molecule has 1 unspecified atom stereocenters. The van der Waals surface area contributed by atoms with Crippen LogP contribution in [0.5, 0.6) is 0 Å². The normalized spacial score (nSPS) is 17.4. The molecule has 0 aliphatic heterocycles. The van der Waals surface area contributed by atoms with Crippen molar-refractivity contribution in [2.75, 3.05) is 0 Å². The Morgan fingerprint density at radius 2 is 2.33 bits per heavy atom. The van der Waals surface area contributed by atoms with Crippen molar-refractivity contribution in [2.24, 2.45) is 5.73 Å². The van der Waals surface area contributed by atoms with Gasteiger partial charge in [-0.15, -0.1) is 0 Å². The van der Waals surface area contributed by atoms with Gasteiger partial charge in [-0.25, -0.2) is 4.98 Å². The highest BCUT2D eigenvalue weighted by Gasteiger charge is 2.27. The first-order chi connectivity index (χ1) is 7.11. The molecule has 1 fully saturated rings. The number of nitrogens with zero attached hydrogens (tertiary/aromatic N) is 2. The summed E-state index contributed by atoms with van der Waals surface area (Å²) in [5.41, 5.74) is 5.07. The van der Waals surface area contributed by atoms with Crippen molar-refractivity contribution in [3.8, 4) is 0 Å². The summed E-state index contributed by atoms with van der Waals surface area (Å²) in [4.78, 5) is 26.3. The molecular weight excluding hydrogens is 198 g/mol. The van der Waals surface area contributed by atoms with Gasteiger partial charge in [0.25, 0.3) is 5.56 Å². The van der Waals surface area contributed by atoms with Gasteiger partial charge in [0.05, 0.1) is 11.9 Å². The van der Waals surface area contributed by atoms with E-state index in [0.29, 0.717) is 0 Å². The van der Waals surface area contributed by atoms with Crippen LogP contribution >= 0.6 is 0 Å². The third-order valence-corrected chi connectivity index (χ3v) is 2.43. The van der Waals surface area contributed by atoms with E-state index in [4.69, 9.17) is 10.8 Å². The van der Waals surface area contributed by atoms with Gasteiger partial charge in [0.15, 0.2) is 0 Å². The molecule has 1 aromatic rings. The van der Waals surface area contributed by atoms with Crippen LogP contribution in [0.15, 0.2) is 17.3 Å². The van der Waals surface area contributed by atoms with Crippen LogP contribution < -0.4 is 11.3 Å². The third-order valence-electron chi connectivity index (χ3n) is 2.43. The van der Waals surface area contributed by atoms with Crippen LogP contribution in [0.2, 0.25) is 0 Å². The number of carbonyl (C=O) groups is 1. The van der Waals surface area contributed by atoms with E-state index < -0.39 is 12.0 Å². The number of aliphatic carboxylic acids is 1. The summed E-state index contributed by atoms with van der Waals surface area (Å²) in [6.45, 7) is 0. The van der Waals surface area contributed by atoms with Crippen molar-refractivity contribution in [1.29, 1.82) is 0 Å². The predicted molar refractivity (Wildman–Crippen MR) is 51.3 cm³/mol. The molecule has 1 aliphatic rings. The molecule has 80 valence electrons. The fourth-order valence-corrected chi connectivity index (χ4v) is 1.40. The van der Waals surface area contributed by atoms with E-state index in [1.54, 1.807) is 0 Å². The van der Waals surface area contributed by atoms with Crippen molar-refractivity contribution in [1.82, 2.24) is 9.55 Å². The number of nitrogens with two attached hydrogens (primary N) is 1. The molecule has 3 N–H and O–H groups in total. The number of hydrogen-bond donors (Lipinski definition) is 2. The lowest BCUT2D eigenvalue weighted by atomic mass is 10.1. The van der Waals surface area contributed by atoms with Crippen molar-refractivity contribution in [3.05, 3.63) is 28.4 Å². The van der Waals surface area contributed by atoms with Gasteiger partial charge in [0, 0.05) is 12.2 Å². The fourth-order valence-electron chi connectivity index (χ4n) is 1.40. The Labute approximate surface area is 85.4 Å². The van der Waals surface area contributed by atoms with Crippen LogP contribution in [-0.4, -0.2) is 20.6 Å². The maximum atomic E-state index is 11.8. The summed E-state index contributed by atoms with van der Waals surface area (Å²) in [6.07, 6.45) is 4.53. The zero-order valence-electron chi connectivity index (χ0n) is 7.96. The van der Waals surface area contributed by atoms with Gasteiger partial charge in [0.2, 0.25) is 0 Å². The second kappa shape index (κ2) is 3.47. The molecule has 0 saturated heterocycles. The van der Waals surface area contributed by atoms with Crippen LogP contribution in [0, 0.1) is 0 Å². The molecule has 0 bridgehead atoms. The highest BCUT2D eigenvalue weighted by atomic mass is 16.4. The lowest BCUT2D eigenvalue weighted by Crippen LogP contribution is -2.32. The first-order valence-corrected chi connectivity index (χ1v) is 4.65. The van der Waals surface area contributed by atoms with Crippen LogP contribution in [0.25, 0.3) is 0 Å². The standard InChI is InChI=1S/C9H11N3O3/c10-7(9(14)15)6-3-11-4-12(8(6)13)5-1-2-5/h3-5,7H,1-2,10H2,(H,14,15). The van der Waals surface area contributed by atoms with Gasteiger partial charge in [-0.3, -0.25) is 14.2 Å². The summed E-state index contributed by atoms with van der Waals surface area (Å²) in [7, 11) is 0. The zero-order valence-corrected chi connectivity index (χ0v) is 7.96. The summed E-state index contributed by atoms with van der Waals surface area (Å²) in [5, 5.41) is 8.70. The molecule has 0 aromatic carbocycles. The molecule has 1 heterocycles. The lowest BCUT2D eigenvalue weighted by Gasteiger charge is -2.08. The molecule has 1 aromatic heterocycles. The number of carboxylic acid groups (broad SMARTS) is 1. The van der Waals surface area contributed by atoms with E-state index in [-0.39, 0.29) is 17.2 Å². The minimum absolute atomic E-state index is 0.0388. The maximum absolute atomic E-state index is 11.8. The number of rotatable bonds is 3. The fraction of sp³-hybridized carbons (Fsp3) is 0.444. The first kappa shape index (κ1) is 9.85. The van der Waals surface area contributed by atoms with E-state index in [0.717, 1.165) is 12.8 Å². The molecule has 6 nitrogen and oxygen atoms in total. The molecule has 0 radical (unpaired) electrons. The smallest absolute Gasteiger partial charge is 0.325 e. The van der Waals surface area contributed by atoms with Gasteiger partial charge < -0.3 is 10.8 Å². The third kappa shape index (κ3) is 1.75. The average molecular weight is 209 g/mol. The molecule has 2 rings (SSSR count). The Morgan fingerprint density at radius 3 is 2.87 bits per heavy atom. The van der Waals surface area contributed by atoms with Crippen LogP contribution in [-0.2, 0) is 4.79 Å². The lowest BCUT2D eigenvalue weighted by molar-refractivity contribution is -0.138. The minimum Gasteiger partial charge on any atom is -0.480 e.